The number of fused-ring (bicyclic) bond motifs is 4. The van der Waals surface area contributed by atoms with Gasteiger partial charge in [-0.2, -0.15) is 0 Å². The molecule has 2 unspecified atom stereocenters. The van der Waals surface area contributed by atoms with E-state index in [1.807, 2.05) is 43.4 Å². The van der Waals surface area contributed by atoms with Crippen molar-refractivity contribution in [3.63, 3.8) is 0 Å². The zero-order valence-electron chi connectivity index (χ0n) is 31.0. The third-order valence-corrected chi connectivity index (χ3v) is 10.5. The van der Waals surface area contributed by atoms with E-state index in [4.69, 9.17) is 9.97 Å². The number of rotatable bonds is 12. The number of benzene rings is 2. The lowest BCUT2D eigenvalue weighted by atomic mass is 9.73. The van der Waals surface area contributed by atoms with Crippen LogP contribution in [-0.2, 0) is 0 Å². The van der Waals surface area contributed by atoms with Gasteiger partial charge in [-0.3, -0.25) is 0 Å². The van der Waals surface area contributed by atoms with Crippen LogP contribution >= 0.6 is 0 Å². The molecule has 0 radical (unpaired) electrons. The van der Waals surface area contributed by atoms with E-state index in [-0.39, 0.29) is 23.9 Å². The number of hydrogen-bond donors (Lipinski definition) is 1. The fraction of sp³-hybridized carbons (Fsp3) is 0.208. The summed E-state index contributed by atoms with van der Waals surface area (Å²) in [6.45, 7) is 26.0. The average Bonchev–Trinajstić information content (AvgIpc) is 3.45. The highest BCUT2D eigenvalue weighted by atomic mass is 15.3. The van der Waals surface area contributed by atoms with Gasteiger partial charge >= 0.3 is 0 Å². The van der Waals surface area contributed by atoms with Crippen LogP contribution in [0.25, 0.3) is 22.9 Å². The first-order valence-electron chi connectivity index (χ1n) is 18.2. The van der Waals surface area contributed by atoms with Gasteiger partial charge in [-0.05, 0) is 84.8 Å². The van der Waals surface area contributed by atoms with Gasteiger partial charge in [-0.1, -0.05) is 148 Å². The van der Waals surface area contributed by atoms with Crippen molar-refractivity contribution >= 4 is 23.3 Å². The van der Waals surface area contributed by atoms with Crippen LogP contribution < -0.4 is 10.2 Å². The molecule has 0 spiro atoms. The summed E-state index contributed by atoms with van der Waals surface area (Å²) >= 11 is 0. The molecule has 6 rings (SSSR count). The second-order valence-electron chi connectivity index (χ2n) is 13.6. The molecule has 1 aromatic heterocycles. The minimum atomic E-state index is 0.0226. The molecule has 262 valence electrons. The standard InChI is InChI=1S/C48H50N4/c1-9-13-22-37(34(7)44(32(5)12-4)33(6)21-11-3)30-38-31-43-45(41-27-19-18-26-40(38)41)39(25-14-10-2)35(8)52(43)48-50-42-28-20-29-49-47(42)46(51-48)36-23-16-15-17-24-36/h9-28,31,35,39,43,45,49H,1-2,4,6,29-30H2,3,5,7-8H3/b21-11-,22-13-,25-14-,37-34-,44-32-/t35?,39-,43-,45?/m1/s1. The minimum Gasteiger partial charge on any atom is -0.378 e. The Morgan fingerprint density at radius 2 is 1.71 bits per heavy atom. The molecular weight excluding hydrogens is 633 g/mol. The number of aromatic nitrogens is 2. The molecule has 0 saturated carbocycles. The van der Waals surface area contributed by atoms with Gasteiger partial charge in [0.2, 0.25) is 5.95 Å². The van der Waals surface area contributed by atoms with Crippen molar-refractivity contribution in [3.05, 3.63) is 192 Å². The Morgan fingerprint density at radius 1 is 0.962 bits per heavy atom. The lowest BCUT2D eigenvalue weighted by molar-refractivity contribution is 0.538. The van der Waals surface area contributed by atoms with E-state index in [0.717, 1.165) is 58.3 Å². The Labute approximate surface area is 310 Å². The van der Waals surface area contributed by atoms with Gasteiger partial charge in [0.15, 0.2) is 0 Å². The van der Waals surface area contributed by atoms with Crippen molar-refractivity contribution in [1.29, 1.82) is 0 Å². The lowest BCUT2D eigenvalue weighted by Gasteiger charge is -2.34. The number of nitrogens with one attached hydrogen (secondary N) is 1. The molecule has 2 aliphatic heterocycles. The van der Waals surface area contributed by atoms with Crippen LogP contribution in [0.1, 0.15) is 56.9 Å². The summed E-state index contributed by atoms with van der Waals surface area (Å²) in [6.07, 6.45) is 25.9. The van der Waals surface area contributed by atoms with Gasteiger partial charge in [-0.15, -0.1) is 0 Å². The molecule has 4 heteroatoms. The maximum Gasteiger partial charge on any atom is 0.227 e. The van der Waals surface area contributed by atoms with E-state index >= 15 is 0 Å². The molecule has 3 aromatic rings. The smallest absolute Gasteiger partial charge is 0.227 e. The Kier molecular flexibility index (Phi) is 11.2. The van der Waals surface area contributed by atoms with Crippen LogP contribution in [0, 0.1) is 5.92 Å². The van der Waals surface area contributed by atoms with Crippen LogP contribution in [0.2, 0.25) is 0 Å². The molecule has 1 aliphatic carbocycles. The SMILES string of the molecule is C=C\C=C/C(CC1=C[C@@H]2C(c3ccccc31)[C@H](/C=C\C=C)C(C)N2c1nc2c(c(-c3ccccc3)n1)NCC=C2)=C(C)/C(C(=C)/C=C\C)=C(/C)C=C. The third kappa shape index (κ3) is 6.94. The maximum atomic E-state index is 5.38. The summed E-state index contributed by atoms with van der Waals surface area (Å²) in [4.78, 5) is 13.1. The topological polar surface area (TPSA) is 41.1 Å². The van der Waals surface area contributed by atoms with E-state index in [9.17, 15) is 0 Å². The number of allylic oxidation sites excluding steroid dienone is 14. The summed E-state index contributed by atoms with van der Waals surface area (Å²) in [5.41, 5.74) is 13.4. The first kappa shape index (κ1) is 36.1. The van der Waals surface area contributed by atoms with Gasteiger partial charge in [0.1, 0.15) is 0 Å². The lowest BCUT2D eigenvalue weighted by Crippen LogP contribution is -2.38. The predicted octanol–water partition coefficient (Wildman–Crippen LogP) is 11.8. The number of anilines is 2. The molecule has 1 saturated heterocycles. The van der Waals surface area contributed by atoms with Crippen molar-refractivity contribution in [2.24, 2.45) is 5.92 Å². The molecule has 4 nitrogen and oxygen atoms in total. The minimum absolute atomic E-state index is 0.0226. The number of nitrogens with zero attached hydrogens (tertiary/aromatic N) is 3. The van der Waals surface area contributed by atoms with Gasteiger partial charge in [0.05, 0.1) is 23.1 Å². The second-order valence-corrected chi connectivity index (χ2v) is 13.6. The van der Waals surface area contributed by atoms with Crippen molar-refractivity contribution < 1.29 is 0 Å². The molecule has 4 atom stereocenters. The summed E-state index contributed by atoms with van der Waals surface area (Å²) in [7, 11) is 0. The average molecular weight is 683 g/mol. The fourth-order valence-electron chi connectivity index (χ4n) is 8.12. The summed E-state index contributed by atoms with van der Waals surface area (Å²) in [5.74, 6) is 1.15. The quantitative estimate of drug-likeness (QED) is 0.193. The normalized spacial score (nSPS) is 21.5. The van der Waals surface area contributed by atoms with E-state index < -0.39 is 0 Å². The molecule has 3 aliphatic rings. The van der Waals surface area contributed by atoms with Crippen LogP contribution in [0.5, 0.6) is 0 Å². The van der Waals surface area contributed by atoms with E-state index in [1.54, 1.807) is 0 Å². The van der Waals surface area contributed by atoms with Crippen LogP contribution in [0.4, 0.5) is 11.6 Å². The first-order chi connectivity index (χ1) is 25.3. The monoisotopic (exact) mass is 682 g/mol. The highest BCUT2D eigenvalue weighted by molar-refractivity contribution is 5.84. The third-order valence-electron chi connectivity index (χ3n) is 10.5. The Bertz CT molecular complexity index is 2100. The Hall–Kier alpha value is -5.74. The molecule has 52 heavy (non-hydrogen) atoms. The van der Waals surface area contributed by atoms with Crippen molar-refractivity contribution in [2.45, 2.75) is 52.1 Å². The summed E-state index contributed by atoms with van der Waals surface area (Å²) < 4.78 is 0. The Morgan fingerprint density at radius 3 is 2.44 bits per heavy atom. The van der Waals surface area contributed by atoms with E-state index in [1.165, 1.54) is 27.8 Å². The number of hydrogen-bond acceptors (Lipinski definition) is 4. The summed E-state index contributed by atoms with van der Waals surface area (Å²) in [6, 6.07) is 19.5. The zero-order valence-corrected chi connectivity index (χ0v) is 31.0. The molecule has 3 heterocycles. The maximum absolute atomic E-state index is 5.38. The highest BCUT2D eigenvalue weighted by Crippen LogP contribution is 2.51. The molecule has 1 fully saturated rings. The van der Waals surface area contributed by atoms with E-state index in [2.05, 4.69) is 148 Å². The predicted molar refractivity (Wildman–Crippen MR) is 224 cm³/mol. The fourth-order valence-corrected chi connectivity index (χ4v) is 8.12. The van der Waals surface area contributed by atoms with Crippen LogP contribution in [-0.4, -0.2) is 28.6 Å². The van der Waals surface area contributed by atoms with Crippen molar-refractivity contribution in [2.75, 3.05) is 16.8 Å². The largest absolute Gasteiger partial charge is 0.378 e. The zero-order chi connectivity index (χ0) is 36.8. The Balaban J connectivity index is 1.56. The highest BCUT2D eigenvalue weighted by Gasteiger charge is 2.49. The molecule has 0 bridgehead atoms. The van der Waals surface area contributed by atoms with Crippen LogP contribution in [0.15, 0.2) is 176 Å². The van der Waals surface area contributed by atoms with Gasteiger partial charge in [-0.25, -0.2) is 9.97 Å². The van der Waals surface area contributed by atoms with E-state index in [0.29, 0.717) is 0 Å². The second kappa shape index (κ2) is 16.1. The van der Waals surface area contributed by atoms with Crippen LogP contribution in [0.3, 0.4) is 0 Å². The molecule has 0 amide bonds. The van der Waals surface area contributed by atoms with Gasteiger partial charge in [0, 0.05) is 30.0 Å². The molecule has 2 aromatic carbocycles. The first-order valence-corrected chi connectivity index (χ1v) is 18.2. The van der Waals surface area contributed by atoms with Crippen molar-refractivity contribution in [3.8, 4) is 11.3 Å². The summed E-state index contributed by atoms with van der Waals surface area (Å²) in [5, 5.41) is 3.55. The van der Waals surface area contributed by atoms with Gasteiger partial charge in [0.25, 0.3) is 0 Å². The van der Waals surface area contributed by atoms with Crippen molar-refractivity contribution in [1.82, 2.24) is 9.97 Å². The van der Waals surface area contributed by atoms with Gasteiger partial charge < -0.3 is 10.2 Å². The molecular formula is C48H50N4. The molecule has 1 N–H and O–H groups in total.